The maximum Gasteiger partial charge on any atom is 0.308 e. The van der Waals surface area contributed by atoms with E-state index in [0.717, 1.165) is 0 Å². The van der Waals surface area contributed by atoms with Gasteiger partial charge in [-0.1, -0.05) is 41.5 Å². The lowest BCUT2D eigenvalue weighted by Crippen LogP contribution is -2.60. The van der Waals surface area contributed by atoms with E-state index in [9.17, 15) is 9.90 Å². The van der Waals surface area contributed by atoms with Gasteiger partial charge in [0.1, 0.15) is 6.10 Å². The number of carbonyl (C=O) groups excluding carboxylic acids is 1. The third-order valence-electron chi connectivity index (χ3n) is 6.89. The Kier molecular flexibility index (Phi) is 8.76. The largest absolute Gasteiger partial charge is 0.469 e. The minimum absolute atomic E-state index is 0.0252. The van der Waals surface area contributed by atoms with Crippen LogP contribution in [0.1, 0.15) is 54.4 Å². The number of aliphatic hydroxyl groups excluding tert-OH is 1. The summed E-state index contributed by atoms with van der Waals surface area (Å²) < 4.78 is 24.4. The number of esters is 1. The van der Waals surface area contributed by atoms with Gasteiger partial charge in [0.15, 0.2) is 16.6 Å². The van der Waals surface area contributed by atoms with E-state index in [0.29, 0.717) is 6.42 Å². The molecule has 1 aliphatic heterocycles. The summed E-state index contributed by atoms with van der Waals surface area (Å²) in [7, 11) is -2.84. The van der Waals surface area contributed by atoms with Crippen molar-refractivity contribution in [2.24, 2.45) is 0 Å². The molecule has 0 spiro atoms. The van der Waals surface area contributed by atoms with Crippen molar-refractivity contribution < 1.29 is 28.2 Å². The predicted octanol–water partition coefficient (Wildman–Crippen LogP) is 4.48. The molecule has 1 rings (SSSR count). The van der Waals surface area contributed by atoms with Crippen LogP contribution in [-0.2, 0) is 23.1 Å². The summed E-state index contributed by atoms with van der Waals surface area (Å²) in [5.41, 5.74) is 0. The first-order chi connectivity index (χ1) is 12.9. The van der Waals surface area contributed by atoms with E-state index in [-0.39, 0.29) is 47.4 Å². The first-order valence-corrected chi connectivity index (χ1v) is 16.5. The van der Waals surface area contributed by atoms with Gasteiger partial charge >= 0.3 is 5.97 Å². The van der Waals surface area contributed by atoms with Crippen LogP contribution in [0.5, 0.6) is 0 Å². The second kappa shape index (κ2) is 9.48. The first-order valence-electron chi connectivity index (χ1n) is 10.6. The van der Waals surface area contributed by atoms with Crippen molar-refractivity contribution in [3.63, 3.8) is 0 Å². The van der Waals surface area contributed by atoms with E-state index < -0.39 is 22.7 Å². The zero-order valence-corrected chi connectivity index (χ0v) is 22.4. The van der Waals surface area contributed by atoms with Crippen molar-refractivity contribution in [1.82, 2.24) is 0 Å². The fourth-order valence-electron chi connectivity index (χ4n) is 2.90. The van der Waals surface area contributed by atoms with Crippen LogP contribution in [0.4, 0.5) is 0 Å². The quantitative estimate of drug-likeness (QED) is 0.457. The second-order valence-corrected chi connectivity index (χ2v) is 20.8. The molecule has 0 aliphatic carbocycles. The minimum Gasteiger partial charge on any atom is -0.469 e. The molecule has 0 aromatic carbocycles. The van der Waals surface area contributed by atoms with Gasteiger partial charge in [-0.05, 0) is 36.3 Å². The molecule has 0 bridgehead atoms. The molecule has 0 saturated carbocycles. The molecule has 1 aliphatic rings. The highest BCUT2D eigenvalue weighted by Gasteiger charge is 2.49. The van der Waals surface area contributed by atoms with Crippen LogP contribution in [-0.4, -0.2) is 65.8 Å². The number of carbonyl (C=O) groups is 1. The Labute approximate surface area is 179 Å². The zero-order valence-electron chi connectivity index (χ0n) is 20.4. The molecule has 172 valence electrons. The summed E-state index contributed by atoms with van der Waals surface area (Å²) in [6.07, 6.45) is -0.764. The highest BCUT2D eigenvalue weighted by molar-refractivity contribution is 6.74. The SMILES string of the molecule is COC(=O)C[C@@H]1C[C@H](O[Si](C)(C)C(C)(C)C)[C@@H](O[Si](C)(C)C(C)(C)C)[C@H](CO)O1. The number of ether oxygens (including phenoxy) is 2. The summed E-state index contributed by atoms with van der Waals surface area (Å²) in [5, 5.41) is 10.2. The van der Waals surface area contributed by atoms with Crippen LogP contribution >= 0.6 is 0 Å². The Morgan fingerprint density at radius 2 is 1.48 bits per heavy atom. The molecule has 0 aromatic heterocycles. The maximum atomic E-state index is 11.8. The van der Waals surface area contributed by atoms with Gasteiger partial charge in [-0.3, -0.25) is 4.79 Å². The molecule has 0 unspecified atom stereocenters. The second-order valence-electron chi connectivity index (χ2n) is 11.3. The van der Waals surface area contributed by atoms with Crippen molar-refractivity contribution >= 4 is 22.6 Å². The van der Waals surface area contributed by atoms with Crippen molar-refractivity contribution in [2.45, 2.75) is 115 Å². The predicted molar refractivity (Wildman–Crippen MR) is 121 cm³/mol. The van der Waals surface area contributed by atoms with Gasteiger partial charge in [0.25, 0.3) is 0 Å². The summed E-state index contributed by atoms with van der Waals surface area (Å²) in [6.45, 7) is 21.9. The number of methoxy groups -OCH3 is 1. The molecule has 6 nitrogen and oxygen atoms in total. The van der Waals surface area contributed by atoms with Crippen LogP contribution < -0.4 is 0 Å². The van der Waals surface area contributed by atoms with Crippen LogP contribution in [0.3, 0.4) is 0 Å². The van der Waals surface area contributed by atoms with Crippen molar-refractivity contribution in [1.29, 1.82) is 0 Å². The van der Waals surface area contributed by atoms with E-state index >= 15 is 0 Å². The summed E-state index contributed by atoms with van der Waals surface area (Å²) in [6, 6.07) is 0. The van der Waals surface area contributed by atoms with Crippen LogP contribution in [0.15, 0.2) is 0 Å². The third-order valence-corrected chi connectivity index (χ3v) is 15.9. The summed E-state index contributed by atoms with van der Waals surface area (Å²) in [4.78, 5) is 11.8. The molecule has 29 heavy (non-hydrogen) atoms. The van der Waals surface area contributed by atoms with E-state index in [4.69, 9.17) is 18.3 Å². The lowest BCUT2D eigenvalue weighted by molar-refractivity contribution is -0.179. The van der Waals surface area contributed by atoms with Gasteiger partial charge < -0.3 is 23.4 Å². The smallest absolute Gasteiger partial charge is 0.308 e. The van der Waals surface area contributed by atoms with Crippen molar-refractivity contribution in [3.8, 4) is 0 Å². The normalized spacial score (nSPS) is 27.0. The molecule has 1 fully saturated rings. The minimum atomic E-state index is -2.12. The van der Waals surface area contributed by atoms with Crippen molar-refractivity contribution in [3.05, 3.63) is 0 Å². The lowest BCUT2D eigenvalue weighted by atomic mass is 9.96. The van der Waals surface area contributed by atoms with Crippen LogP contribution in [0.25, 0.3) is 0 Å². The Balaban J connectivity index is 3.23. The fraction of sp³-hybridized carbons (Fsp3) is 0.952. The molecule has 0 radical (unpaired) electrons. The average molecular weight is 449 g/mol. The number of hydrogen-bond acceptors (Lipinski definition) is 6. The lowest BCUT2D eigenvalue weighted by Gasteiger charge is -2.50. The van der Waals surface area contributed by atoms with Gasteiger partial charge in [0, 0.05) is 6.42 Å². The molecule has 1 N–H and O–H groups in total. The van der Waals surface area contributed by atoms with E-state index in [1.54, 1.807) is 0 Å². The van der Waals surface area contributed by atoms with E-state index in [2.05, 4.69) is 67.7 Å². The van der Waals surface area contributed by atoms with Crippen LogP contribution in [0.2, 0.25) is 36.3 Å². The molecule has 1 heterocycles. The Bertz CT molecular complexity index is 550. The fourth-order valence-corrected chi connectivity index (χ4v) is 5.58. The molecule has 1 saturated heterocycles. The van der Waals surface area contributed by atoms with Crippen LogP contribution in [0, 0.1) is 0 Å². The topological polar surface area (TPSA) is 74.2 Å². The summed E-state index contributed by atoms with van der Waals surface area (Å²) in [5.74, 6) is -0.318. The Morgan fingerprint density at radius 3 is 1.90 bits per heavy atom. The van der Waals surface area contributed by atoms with Gasteiger partial charge in [-0.2, -0.15) is 0 Å². The molecule has 0 aromatic rings. The van der Waals surface area contributed by atoms with Gasteiger partial charge in [0.05, 0.1) is 38.4 Å². The van der Waals surface area contributed by atoms with Gasteiger partial charge in [0.2, 0.25) is 0 Å². The average Bonchev–Trinajstić information content (AvgIpc) is 2.54. The molecule has 4 atom stereocenters. The highest BCUT2D eigenvalue weighted by Crippen LogP contribution is 2.43. The molecular weight excluding hydrogens is 404 g/mol. The monoisotopic (exact) mass is 448 g/mol. The molecule has 0 amide bonds. The Morgan fingerprint density at radius 1 is 1.00 bits per heavy atom. The van der Waals surface area contributed by atoms with Crippen molar-refractivity contribution in [2.75, 3.05) is 13.7 Å². The standard InChI is InChI=1S/C21H44O6Si2/c1-20(2,3)28(8,9)26-16-12-15(13-18(23)24-7)25-17(14-22)19(16)27-29(10,11)21(4,5)6/h15-17,19,22H,12-14H2,1-11H3/t15-,16-,17-,19+/m0/s1. The van der Waals surface area contributed by atoms with E-state index in [1.165, 1.54) is 7.11 Å². The third kappa shape index (κ3) is 6.87. The van der Waals surface area contributed by atoms with E-state index in [1.807, 2.05) is 0 Å². The molecular formula is C21H44O6Si2. The first kappa shape index (κ1) is 26.8. The Hall–Kier alpha value is -0.256. The maximum absolute atomic E-state index is 11.8. The highest BCUT2D eigenvalue weighted by atomic mass is 28.4. The van der Waals surface area contributed by atoms with Gasteiger partial charge in [-0.15, -0.1) is 0 Å². The number of hydrogen-bond donors (Lipinski definition) is 1. The van der Waals surface area contributed by atoms with Gasteiger partial charge in [-0.25, -0.2) is 0 Å². The summed E-state index contributed by atoms with van der Waals surface area (Å²) >= 11 is 0. The number of rotatable bonds is 7. The molecule has 8 heteroatoms. The number of aliphatic hydroxyl groups is 1. The zero-order chi connectivity index (χ0) is 22.8.